The lowest BCUT2D eigenvalue weighted by Gasteiger charge is -2.28. The van der Waals surface area contributed by atoms with Crippen molar-refractivity contribution in [1.29, 1.82) is 5.26 Å². The van der Waals surface area contributed by atoms with Gasteiger partial charge >= 0.3 is 6.09 Å². The topological polar surface area (TPSA) is 87.0 Å². The highest BCUT2D eigenvalue weighted by atomic mass is 35.5. The molecule has 0 fully saturated rings. The van der Waals surface area contributed by atoms with E-state index in [-0.39, 0.29) is 22.1 Å². The van der Waals surface area contributed by atoms with E-state index in [1.54, 1.807) is 26.8 Å². The van der Waals surface area contributed by atoms with E-state index in [4.69, 9.17) is 21.6 Å². The number of carbonyl (C=O) groups is 1. The second-order valence-corrected chi connectivity index (χ2v) is 7.89. The number of halogens is 4. The lowest BCUT2D eigenvalue weighted by Crippen LogP contribution is -2.42. The molecule has 1 aromatic carbocycles. The highest BCUT2D eigenvalue weighted by molar-refractivity contribution is 6.30. The summed E-state index contributed by atoms with van der Waals surface area (Å²) in [5.41, 5.74) is -0.864. The minimum atomic E-state index is -1.02. The van der Waals surface area contributed by atoms with Crippen molar-refractivity contribution in [2.75, 3.05) is 5.32 Å². The summed E-state index contributed by atoms with van der Waals surface area (Å²) in [4.78, 5) is 15.9. The lowest BCUT2D eigenvalue weighted by molar-refractivity contribution is 0.0503. The average molecular weight is 441 g/mol. The van der Waals surface area contributed by atoms with Gasteiger partial charge in [-0.25, -0.2) is 22.9 Å². The number of carbonyl (C=O) groups excluding carboxylic acids is 1. The maximum Gasteiger partial charge on any atom is 0.407 e. The Bertz CT molecular complexity index is 969. The zero-order valence-electron chi connectivity index (χ0n) is 16.7. The number of nitrogens with one attached hydrogen (secondary N) is 2. The molecule has 1 aromatic heterocycles. The first kappa shape index (κ1) is 23.3. The predicted octanol–water partition coefficient (Wildman–Crippen LogP) is 5.09. The normalized spacial score (nSPS) is 13.2. The van der Waals surface area contributed by atoms with E-state index < -0.39 is 41.2 Å². The Balaban J connectivity index is 2.40. The molecule has 2 aromatic rings. The monoisotopic (exact) mass is 440 g/mol. The first-order valence-corrected chi connectivity index (χ1v) is 9.25. The van der Waals surface area contributed by atoms with Gasteiger partial charge in [0.2, 0.25) is 0 Å². The molecule has 30 heavy (non-hydrogen) atoms. The zero-order chi connectivity index (χ0) is 22.6. The second-order valence-electron chi connectivity index (χ2n) is 7.53. The third-order valence-electron chi connectivity index (χ3n) is 3.83. The fraction of sp³-hybridized carbons (Fsp3) is 0.350. The van der Waals surface area contributed by atoms with Crippen LogP contribution in [-0.2, 0) is 4.74 Å². The molecule has 0 aliphatic heterocycles. The van der Waals surface area contributed by atoms with E-state index in [2.05, 4.69) is 15.6 Å². The van der Waals surface area contributed by atoms with Crippen molar-refractivity contribution in [2.24, 2.45) is 0 Å². The molecule has 0 spiro atoms. The molecule has 0 aliphatic carbocycles. The van der Waals surface area contributed by atoms with Gasteiger partial charge in [-0.2, -0.15) is 5.26 Å². The van der Waals surface area contributed by atoms with Crippen LogP contribution in [0.3, 0.4) is 0 Å². The Morgan fingerprint density at radius 1 is 1.20 bits per heavy atom. The molecule has 10 heteroatoms. The van der Waals surface area contributed by atoms with Crippen LogP contribution in [0.1, 0.15) is 44.9 Å². The Kier molecular flexibility index (Phi) is 7.16. The molecule has 160 valence electrons. The van der Waals surface area contributed by atoms with E-state index in [0.29, 0.717) is 6.07 Å². The Hall–Kier alpha value is -2.99. The van der Waals surface area contributed by atoms with Gasteiger partial charge in [0.25, 0.3) is 0 Å². The maximum absolute atomic E-state index is 14.4. The van der Waals surface area contributed by atoms with Crippen LogP contribution in [0.15, 0.2) is 24.3 Å². The number of amides is 1. The summed E-state index contributed by atoms with van der Waals surface area (Å²) in [5.74, 6) is -2.96. The van der Waals surface area contributed by atoms with Gasteiger partial charge in [-0.1, -0.05) is 11.6 Å². The molecular formula is C20H20ClF3N4O2. The van der Waals surface area contributed by atoms with Crippen LogP contribution in [0.5, 0.6) is 0 Å². The zero-order valence-corrected chi connectivity index (χ0v) is 17.4. The van der Waals surface area contributed by atoms with Crippen LogP contribution < -0.4 is 10.6 Å². The molecule has 2 atom stereocenters. The van der Waals surface area contributed by atoms with Crippen molar-refractivity contribution in [3.8, 4) is 6.07 Å². The van der Waals surface area contributed by atoms with E-state index in [0.717, 1.165) is 18.2 Å². The molecular weight excluding hydrogens is 421 g/mol. The van der Waals surface area contributed by atoms with Crippen molar-refractivity contribution in [3.05, 3.63) is 58.0 Å². The summed E-state index contributed by atoms with van der Waals surface area (Å²) in [6.07, 6.45) is -0.773. The summed E-state index contributed by atoms with van der Waals surface area (Å²) in [7, 11) is 0. The van der Waals surface area contributed by atoms with Crippen LogP contribution >= 0.6 is 11.6 Å². The molecule has 0 unspecified atom stereocenters. The van der Waals surface area contributed by atoms with Gasteiger partial charge in [0.15, 0.2) is 11.6 Å². The fourth-order valence-corrected chi connectivity index (χ4v) is 2.80. The number of alkyl carbamates (subject to hydrolysis) is 1. The first-order chi connectivity index (χ1) is 13.9. The molecule has 0 saturated heterocycles. The molecule has 2 rings (SSSR count). The number of anilines is 1. The molecule has 0 radical (unpaired) electrons. The minimum Gasteiger partial charge on any atom is -0.444 e. The summed E-state index contributed by atoms with van der Waals surface area (Å²) in [6, 6.07) is 3.50. The molecule has 0 bridgehead atoms. The van der Waals surface area contributed by atoms with Crippen LogP contribution in [0.2, 0.25) is 5.15 Å². The number of ether oxygens (including phenoxy) is 1. The van der Waals surface area contributed by atoms with Gasteiger partial charge in [0, 0.05) is 6.07 Å². The van der Waals surface area contributed by atoms with Crippen molar-refractivity contribution >= 4 is 23.5 Å². The van der Waals surface area contributed by atoms with Gasteiger partial charge in [0.1, 0.15) is 28.5 Å². The standard InChI is InChI=1S/C20H20ClF3N4O2/c1-10(26-19(29)30-20(2,3)4)16(11-5-13(22)8-14(23)6-11)27-18-15(24)7-12(9-25)17(21)28-18/h5-8,10,16H,1-4H3,(H,26,29)(H,27,28)/t10-,16-/m0/s1. The average Bonchev–Trinajstić information content (AvgIpc) is 2.59. The predicted molar refractivity (Wildman–Crippen MR) is 105 cm³/mol. The SMILES string of the molecule is C[C@H](NC(=O)OC(C)(C)C)[C@H](Nc1nc(Cl)c(C#N)cc1F)c1cc(F)cc(F)c1. The van der Waals surface area contributed by atoms with Crippen LogP contribution in [0, 0.1) is 28.8 Å². The molecule has 0 aliphatic rings. The van der Waals surface area contributed by atoms with Gasteiger partial charge in [-0.15, -0.1) is 0 Å². The Morgan fingerprint density at radius 3 is 2.33 bits per heavy atom. The van der Waals surface area contributed by atoms with E-state index in [9.17, 15) is 18.0 Å². The summed E-state index contributed by atoms with van der Waals surface area (Å²) >= 11 is 5.87. The summed E-state index contributed by atoms with van der Waals surface area (Å²) in [6.45, 7) is 6.56. The third-order valence-corrected chi connectivity index (χ3v) is 4.12. The van der Waals surface area contributed by atoms with E-state index in [1.165, 1.54) is 6.92 Å². The van der Waals surface area contributed by atoms with Crippen LogP contribution in [0.25, 0.3) is 0 Å². The Morgan fingerprint density at radius 2 is 1.80 bits per heavy atom. The van der Waals surface area contributed by atoms with Gasteiger partial charge in [0.05, 0.1) is 17.6 Å². The van der Waals surface area contributed by atoms with Crippen LogP contribution in [0.4, 0.5) is 23.8 Å². The first-order valence-electron chi connectivity index (χ1n) is 8.88. The highest BCUT2D eigenvalue weighted by Gasteiger charge is 2.26. The number of hydrogen-bond donors (Lipinski definition) is 2. The molecule has 1 amide bonds. The molecule has 1 heterocycles. The fourth-order valence-electron chi connectivity index (χ4n) is 2.62. The number of nitriles is 1. The molecule has 6 nitrogen and oxygen atoms in total. The number of hydrogen-bond acceptors (Lipinski definition) is 5. The van der Waals surface area contributed by atoms with Crippen molar-refractivity contribution in [2.45, 2.75) is 45.4 Å². The molecule has 2 N–H and O–H groups in total. The largest absolute Gasteiger partial charge is 0.444 e. The summed E-state index contributed by atoms with van der Waals surface area (Å²) < 4.78 is 47.2. The minimum absolute atomic E-state index is 0.0812. The highest BCUT2D eigenvalue weighted by Crippen LogP contribution is 2.27. The number of rotatable bonds is 5. The van der Waals surface area contributed by atoms with E-state index in [1.807, 2.05) is 0 Å². The Labute approximate surface area is 177 Å². The maximum atomic E-state index is 14.4. The van der Waals surface area contributed by atoms with E-state index >= 15 is 0 Å². The second kappa shape index (κ2) is 9.22. The van der Waals surface area contributed by atoms with Gasteiger partial charge in [-0.05, 0) is 51.5 Å². The quantitative estimate of drug-likeness (QED) is 0.632. The number of benzene rings is 1. The lowest BCUT2D eigenvalue weighted by atomic mass is 10.00. The third kappa shape index (κ3) is 6.26. The van der Waals surface area contributed by atoms with Gasteiger partial charge in [-0.3, -0.25) is 0 Å². The van der Waals surface area contributed by atoms with Crippen LogP contribution in [-0.4, -0.2) is 22.7 Å². The summed E-state index contributed by atoms with van der Waals surface area (Å²) in [5, 5.41) is 13.9. The molecule has 0 saturated carbocycles. The van der Waals surface area contributed by atoms with Crippen molar-refractivity contribution in [3.63, 3.8) is 0 Å². The van der Waals surface area contributed by atoms with Gasteiger partial charge < -0.3 is 15.4 Å². The smallest absolute Gasteiger partial charge is 0.407 e. The van der Waals surface area contributed by atoms with Crippen molar-refractivity contribution in [1.82, 2.24) is 10.3 Å². The van der Waals surface area contributed by atoms with Crippen molar-refractivity contribution < 1.29 is 22.7 Å². The number of nitrogens with zero attached hydrogens (tertiary/aromatic N) is 2. The number of aromatic nitrogens is 1. The number of pyridine rings is 1.